The highest BCUT2D eigenvalue weighted by molar-refractivity contribution is 14.0. The van der Waals surface area contributed by atoms with Crippen LogP contribution in [0.25, 0.3) is 0 Å². The maximum absolute atomic E-state index is 5.46. The van der Waals surface area contributed by atoms with E-state index in [2.05, 4.69) is 62.4 Å². The third-order valence-corrected chi connectivity index (χ3v) is 6.21. The number of halogens is 1. The summed E-state index contributed by atoms with van der Waals surface area (Å²) in [5.41, 5.74) is 1.41. The molecule has 0 unspecified atom stereocenters. The Morgan fingerprint density at radius 1 is 1.10 bits per heavy atom. The third kappa shape index (κ3) is 8.69. The molecule has 1 N–H and O–H groups in total. The van der Waals surface area contributed by atoms with E-state index in [1.54, 1.807) is 0 Å². The standard InChI is InChI=1S/C23H39N5O.HI/c1-24-23(26(2)12-8-21-9-18-29-19-10-21)25-11-13-27-14-16-28(17-15-27)20-22-6-4-3-5-7-22;/h3-7,21H,8-20H2,1-2H3,(H,24,25);1H. The molecule has 0 saturated carbocycles. The Morgan fingerprint density at radius 3 is 2.43 bits per heavy atom. The third-order valence-electron chi connectivity index (χ3n) is 6.21. The fourth-order valence-corrected chi connectivity index (χ4v) is 4.24. The van der Waals surface area contributed by atoms with Crippen LogP contribution in [0.15, 0.2) is 35.3 Å². The minimum Gasteiger partial charge on any atom is -0.381 e. The lowest BCUT2D eigenvalue weighted by molar-refractivity contribution is 0.0625. The first-order valence-corrected chi connectivity index (χ1v) is 11.2. The van der Waals surface area contributed by atoms with Crippen LogP contribution in [0.1, 0.15) is 24.8 Å². The van der Waals surface area contributed by atoms with Crippen LogP contribution in [-0.2, 0) is 11.3 Å². The van der Waals surface area contributed by atoms with E-state index in [4.69, 9.17) is 4.74 Å². The van der Waals surface area contributed by atoms with Crippen LogP contribution in [0, 0.1) is 5.92 Å². The Balaban J connectivity index is 0.00000320. The lowest BCUT2D eigenvalue weighted by atomic mass is 9.96. The maximum Gasteiger partial charge on any atom is 0.193 e. The van der Waals surface area contributed by atoms with Gasteiger partial charge in [-0.3, -0.25) is 14.8 Å². The van der Waals surface area contributed by atoms with Crippen molar-refractivity contribution < 1.29 is 4.74 Å². The highest BCUT2D eigenvalue weighted by Crippen LogP contribution is 2.18. The number of hydrogen-bond acceptors (Lipinski definition) is 4. The molecule has 6 nitrogen and oxygen atoms in total. The second kappa shape index (κ2) is 14.2. The van der Waals surface area contributed by atoms with E-state index in [0.29, 0.717) is 0 Å². The summed E-state index contributed by atoms with van der Waals surface area (Å²) < 4.78 is 5.46. The first kappa shape index (κ1) is 25.4. The van der Waals surface area contributed by atoms with Crippen LogP contribution in [0.4, 0.5) is 0 Å². The largest absolute Gasteiger partial charge is 0.381 e. The minimum absolute atomic E-state index is 0. The molecule has 0 amide bonds. The number of nitrogens with one attached hydrogen (secondary N) is 1. The van der Waals surface area contributed by atoms with Gasteiger partial charge in [-0.25, -0.2) is 0 Å². The van der Waals surface area contributed by atoms with E-state index in [1.165, 1.54) is 24.8 Å². The van der Waals surface area contributed by atoms with Crippen LogP contribution in [0.3, 0.4) is 0 Å². The summed E-state index contributed by atoms with van der Waals surface area (Å²) in [4.78, 5) is 11.9. The van der Waals surface area contributed by atoms with Gasteiger partial charge in [0.15, 0.2) is 5.96 Å². The molecule has 2 saturated heterocycles. The summed E-state index contributed by atoms with van der Waals surface area (Å²) >= 11 is 0. The van der Waals surface area contributed by atoms with Crippen molar-refractivity contribution in [3.63, 3.8) is 0 Å². The second-order valence-electron chi connectivity index (χ2n) is 8.34. The molecule has 0 spiro atoms. The highest BCUT2D eigenvalue weighted by Gasteiger charge is 2.18. The van der Waals surface area contributed by atoms with Gasteiger partial charge in [0.05, 0.1) is 0 Å². The summed E-state index contributed by atoms with van der Waals surface area (Å²) in [6.45, 7) is 10.6. The van der Waals surface area contributed by atoms with E-state index < -0.39 is 0 Å². The molecule has 3 rings (SSSR count). The van der Waals surface area contributed by atoms with Crippen molar-refractivity contribution >= 4 is 29.9 Å². The lowest BCUT2D eigenvalue weighted by Crippen LogP contribution is -2.49. The summed E-state index contributed by atoms with van der Waals surface area (Å²) in [6.07, 6.45) is 3.64. The second-order valence-corrected chi connectivity index (χ2v) is 8.34. The predicted octanol–water partition coefficient (Wildman–Crippen LogP) is 2.75. The molecular formula is C23H40IN5O. The molecule has 2 aliphatic heterocycles. The molecule has 1 aromatic rings. The van der Waals surface area contributed by atoms with Gasteiger partial charge in [0.2, 0.25) is 0 Å². The van der Waals surface area contributed by atoms with Crippen LogP contribution in [0.2, 0.25) is 0 Å². The maximum atomic E-state index is 5.46. The molecule has 7 heteroatoms. The number of nitrogens with zero attached hydrogens (tertiary/aromatic N) is 4. The van der Waals surface area contributed by atoms with Crippen LogP contribution in [0.5, 0.6) is 0 Å². The molecule has 2 fully saturated rings. The van der Waals surface area contributed by atoms with Crippen molar-refractivity contribution in [2.45, 2.75) is 25.8 Å². The van der Waals surface area contributed by atoms with Crippen LogP contribution < -0.4 is 5.32 Å². The van der Waals surface area contributed by atoms with Gasteiger partial charge in [0.25, 0.3) is 0 Å². The zero-order valence-electron chi connectivity index (χ0n) is 18.8. The molecular weight excluding hydrogens is 489 g/mol. The quantitative estimate of drug-likeness (QED) is 0.319. The van der Waals surface area contributed by atoms with E-state index in [-0.39, 0.29) is 24.0 Å². The number of aliphatic imine (C=N–C) groups is 1. The molecule has 2 aliphatic rings. The van der Waals surface area contributed by atoms with Gasteiger partial charge in [0.1, 0.15) is 0 Å². The number of piperazine rings is 1. The molecule has 0 aliphatic carbocycles. The number of hydrogen-bond donors (Lipinski definition) is 1. The number of ether oxygens (including phenoxy) is 1. The average molecular weight is 530 g/mol. The smallest absolute Gasteiger partial charge is 0.193 e. The summed E-state index contributed by atoms with van der Waals surface area (Å²) in [5, 5.41) is 3.55. The van der Waals surface area contributed by atoms with Gasteiger partial charge in [-0.05, 0) is 30.7 Å². The van der Waals surface area contributed by atoms with Crippen LogP contribution >= 0.6 is 24.0 Å². The summed E-state index contributed by atoms with van der Waals surface area (Å²) in [6, 6.07) is 10.8. The zero-order valence-corrected chi connectivity index (χ0v) is 21.1. The fraction of sp³-hybridized carbons (Fsp3) is 0.696. The zero-order chi connectivity index (χ0) is 20.3. The minimum atomic E-state index is 0. The van der Waals surface area contributed by atoms with E-state index in [1.807, 2.05) is 7.05 Å². The molecule has 170 valence electrons. The molecule has 0 radical (unpaired) electrons. The highest BCUT2D eigenvalue weighted by atomic mass is 127. The van der Waals surface area contributed by atoms with Gasteiger partial charge in [-0.1, -0.05) is 30.3 Å². The summed E-state index contributed by atoms with van der Waals surface area (Å²) in [5.74, 6) is 1.82. The SMILES string of the molecule is CN=C(NCCN1CCN(Cc2ccccc2)CC1)N(C)CCC1CCOCC1.I. The molecule has 0 bridgehead atoms. The molecule has 2 heterocycles. The molecule has 0 atom stereocenters. The molecule has 1 aromatic carbocycles. The van der Waals surface area contributed by atoms with E-state index in [9.17, 15) is 0 Å². The van der Waals surface area contributed by atoms with Crippen molar-refractivity contribution in [3.05, 3.63) is 35.9 Å². The van der Waals surface area contributed by atoms with Gasteiger partial charge < -0.3 is 15.0 Å². The van der Waals surface area contributed by atoms with Crippen molar-refractivity contribution in [2.75, 3.05) is 73.1 Å². The Labute approximate surface area is 200 Å². The van der Waals surface area contributed by atoms with Gasteiger partial charge in [-0.15, -0.1) is 24.0 Å². The first-order valence-electron chi connectivity index (χ1n) is 11.2. The predicted molar refractivity (Wildman–Crippen MR) is 136 cm³/mol. The molecule has 0 aromatic heterocycles. The normalized spacial score (nSPS) is 19.3. The first-order chi connectivity index (χ1) is 14.2. The van der Waals surface area contributed by atoms with Crippen molar-refractivity contribution in [2.24, 2.45) is 10.9 Å². The lowest BCUT2D eigenvalue weighted by Gasteiger charge is -2.35. The van der Waals surface area contributed by atoms with Crippen molar-refractivity contribution in [3.8, 4) is 0 Å². The Hall–Kier alpha value is -0.900. The monoisotopic (exact) mass is 529 g/mol. The fourth-order valence-electron chi connectivity index (χ4n) is 4.24. The van der Waals surface area contributed by atoms with Crippen molar-refractivity contribution in [1.29, 1.82) is 0 Å². The van der Waals surface area contributed by atoms with E-state index >= 15 is 0 Å². The van der Waals surface area contributed by atoms with Gasteiger partial charge in [-0.2, -0.15) is 0 Å². The van der Waals surface area contributed by atoms with E-state index in [0.717, 1.165) is 77.4 Å². The topological polar surface area (TPSA) is 43.3 Å². The van der Waals surface area contributed by atoms with Crippen LogP contribution in [-0.4, -0.2) is 93.8 Å². The number of rotatable bonds is 8. The Bertz CT molecular complexity index is 601. The summed E-state index contributed by atoms with van der Waals surface area (Å²) in [7, 11) is 4.03. The van der Waals surface area contributed by atoms with Crippen molar-refractivity contribution in [1.82, 2.24) is 20.0 Å². The Morgan fingerprint density at radius 2 is 1.77 bits per heavy atom. The Kier molecular flexibility index (Phi) is 12.0. The van der Waals surface area contributed by atoms with Gasteiger partial charge in [0, 0.05) is 79.7 Å². The number of benzene rings is 1. The molecule has 30 heavy (non-hydrogen) atoms. The average Bonchev–Trinajstić information content (AvgIpc) is 2.78. The number of guanidine groups is 1. The van der Waals surface area contributed by atoms with Gasteiger partial charge >= 0.3 is 0 Å².